The van der Waals surface area contributed by atoms with Crippen molar-refractivity contribution in [1.29, 1.82) is 0 Å². The van der Waals surface area contributed by atoms with Gasteiger partial charge in [0.05, 0.1) is 11.8 Å². The first-order valence-electron chi connectivity index (χ1n) is 4.22. The van der Waals surface area contributed by atoms with Gasteiger partial charge < -0.3 is 9.73 Å². The van der Waals surface area contributed by atoms with Crippen molar-refractivity contribution in [2.75, 3.05) is 5.32 Å². The molecule has 4 nitrogen and oxygen atoms in total. The van der Waals surface area contributed by atoms with Crippen LogP contribution in [0.2, 0.25) is 0 Å². The van der Waals surface area contributed by atoms with Crippen LogP contribution in [0.4, 0.5) is 5.69 Å². The highest BCUT2D eigenvalue weighted by molar-refractivity contribution is 9.10. The number of carbonyl (C=O) groups excluding carboxylic acids is 1. The smallest absolute Gasteiger partial charge is 0.260 e. The number of pyridine rings is 1. The van der Waals surface area contributed by atoms with Gasteiger partial charge in [0, 0.05) is 18.1 Å². The molecule has 2 aromatic heterocycles. The molecule has 0 saturated carbocycles. The van der Waals surface area contributed by atoms with Gasteiger partial charge in [-0.15, -0.1) is 0 Å². The number of amides is 1. The highest BCUT2D eigenvalue weighted by Gasteiger charge is 2.12. The van der Waals surface area contributed by atoms with Crippen molar-refractivity contribution >= 4 is 27.5 Å². The number of anilines is 1. The second kappa shape index (κ2) is 4.27. The van der Waals surface area contributed by atoms with Crippen molar-refractivity contribution in [3.8, 4) is 0 Å². The molecule has 0 fully saturated rings. The molecule has 2 rings (SSSR count). The molecule has 1 N–H and O–H groups in total. The minimum atomic E-state index is -0.221. The summed E-state index contributed by atoms with van der Waals surface area (Å²) in [6.45, 7) is 0. The second-order valence-corrected chi connectivity index (χ2v) is 3.52. The van der Waals surface area contributed by atoms with Gasteiger partial charge in [-0.05, 0) is 34.1 Å². The van der Waals surface area contributed by atoms with Crippen molar-refractivity contribution in [2.45, 2.75) is 0 Å². The summed E-state index contributed by atoms with van der Waals surface area (Å²) in [5.41, 5.74) is 1.16. The molecule has 15 heavy (non-hydrogen) atoms. The van der Waals surface area contributed by atoms with Crippen molar-refractivity contribution in [3.05, 3.63) is 47.1 Å². The number of nitrogens with one attached hydrogen (secondary N) is 1. The summed E-state index contributed by atoms with van der Waals surface area (Å²) in [4.78, 5) is 15.5. The maximum atomic E-state index is 11.7. The fraction of sp³-hybridized carbons (Fsp3) is 0. The maximum Gasteiger partial charge on any atom is 0.260 e. The van der Waals surface area contributed by atoms with Crippen LogP contribution in [0.3, 0.4) is 0 Å². The third kappa shape index (κ3) is 2.24. The Kier molecular flexibility index (Phi) is 2.82. The Bertz CT molecular complexity index is 467. The molecule has 1 amide bonds. The number of carbonyl (C=O) groups is 1. The van der Waals surface area contributed by atoms with Gasteiger partial charge in [0.25, 0.3) is 5.91 Å². The van der Waals surface area contributed by atoms with E-state index in [2.05, 4.69) is 26.2 Å². The van der Waals surface area contributed by atoms with E-state index in [-0.39, 0.29) is 5.91 Å². The normalized spacial score (nSPS) is 9.93. The summed E-state index contributed by atoms with van der Waals surface area (Å²) in [6.07, 6.45) is 4.67. The third-order valence-corrected chi connectivity index (χ3v) is 2.41. The Hall–Kier alpha value is -1.62. The summed E-state index contributed by atoms with van der Waals surface area (Å²) in [7, 11) is 0. The largest absolute Gasteiger partial charge is 0.457 e. The Morgan fingerprint density at radius 2 is 2.07 bits per heavy atom. The molecule has 2 heterocycles. The Morgan fingerprint density at radius 1 is 1.33 bits per heavy atom. The minimum absolute atomic E-state index is 0.221. The zero-order valence-corrected chi connectivity index (χ0v) is 9.19. The van der Waals surface area contributed by atoms with E-state index in [1.165, 1.54) is 6.26 Å². The lowest BCUT2D eigenvalue weighted by Crippen LogP contribution is -2.11. The van der Waals surface area contributed by atoms with Crippen LogP contribution in [0.1, 0.15) is 10.4 Å². The first-order valence-corrected chi connectivity index (χ1v) is 5.01. The van der Waals surface area contributed by atoms with E-state index in [0.29, 0.717) is 15.9 Å². The molecule has 0 atom stereocenters. The molecule has 0 aromatic carbocycles. The van der Waals surface area contributed by atoms with Crippen LogP contribution in [0.15, 0.2) is 45.9 Å². The average Bonchev–Trinajstić information content (AvgIpc) is 2.66. The maximum absolute atomic E-state index is 11.7. The number of nitrogens with zero attached hydrogens (tertiary/aromatic N) is 1. The number of aromatic nitrogens is 1. The van der Waals surface area contributed by atoms with E-state index in [1.54, 1.807) is 30.6 Å². The Balaban J connectivity index is 2.15. The van der Waals surface area contributed by atoms with E-state index >= 15 is 0 Å². The Labute approximate surface area is 94.4 Å². The van der Waals surface area contributed by atoms with E-state index in [9.17, 15) is 4.79 Å². The zero-order chi connectivity index (χ0) is 10.7. The molecule has 0 spiro atoms. The van der Waals surface area contributed by atoms with Gasteiger partial charge in [-0.3, -0.25) is 9.78 Å². The van der Waals surface area contributed by atoms with Gasteiger partial charge in [-0.2, -0.15) is 0 Å². The molecule has 0 aliphatic rings. The third-order valence-electron chi connectivity index (χ3n) is 1.80. The molecule has 0 aliphatic heterocycles. The lowest BCUT2D eigenvalue weighted by atomic mass is 10.3. The predicted molar refractivity (Wildman–Crippen MR) is 58.6 cm³/mol. The van der Waals surface area contributed by atoms with Gasteiger partial charge in [0.2, 0.25) is 0 Å². The van der Waals surface area contributed by atoms with Gasteiger partial charge >= 0.3 is 0 Å². The van der Waals surface area contributed by atoms with E-state index < -0.39 is 0 Å². The second-order valence-electron chi connectivity index (χ2n) is 2.80. The van der Waals surface area contributed by atoms with E-state index in [1.807, 2.05) is 0 Å². The summed E-state index contributed by atoms with van der Waals surface area (Å²) in [5, 5.41) is 2.72. The lowest BCUT2D eigenvalue weighted by Gasteiger charge is -2.02. The van der Waals surface area contributed by atoms with Crippen molar-refractivity contribution in [1.82, 2.24) is 4.98 Å². The number of hydrogen-bond donors (Lipinski definition) is 1. The molecular formula is C10H7BrN2O2. The van der Waals surface area contributed by atoms with Crippen molar-refractivity contribution < 1.29 is 9.21 Å². The van der Waals surface area contributed by atoms with E-state index in [0.717, 1.165) is 0 Å². The summed E-state index contributed by atoms with van der Waals surface area (Å²) in [5.74, 6) is -0.221. The highest BCUT2D eigenvalue weighted by atomic mass is 79.9. The number of halogens is 1. The molecule has 0 radical (unpaired) electrons. The van der Waals surface area contributed by atoms with Gasteiger partial charge in [0.15, 0.2) is 4.67 Å². The summed E-state index contributed by atoms with van der Waals surface area (Å²) < 4.78 is 5.39. The fourth-order valence-corrected chi connectivity index (χ4v) is 1.51. The van der Waals surface area contributed by atoms with Crippen LogP contribution < -0.4 is 5.32 Å². The SMILES string of the molecule is O=C(Nc1ccncc1)c1ccoc1Br. The quantitative estimate of drug-likeness (QED) is 0.910. The topological polar surface area (TPSA) is 55.1 Å². The zero-order valence-electron chi connectivity index (χ0n) is 7.61. The van der Waals surface area contributed by atoms with Crippen LogP contribution >= 0.6 is 15.9 Å². The molecule has 5 heteroatoms. The number of hydrogen-bond acceptors (Lipinski definition) is 3. The number of furan rings is 1. The van der Waals surface area contributed by atoms with E-state index in [4.69, 9.17) is 4.42 Å². The monoisotopic (exact) mass is 266 g/mol. The minimum Gasteiger partial charge on any atom is -0.457 e. The summed E-state index contributed by atoms with van der Waals surface area (Å²) >= 11 is 3.14. The fourth-order valence-electron chi connectivity index (χ4n) is 1.09. The van der Waals surface area contributed by atoms with Gasteiger partial charge in [-0.1, -0.05) is 0 Å². The molecule has 2 aromatic rings. The van der Waals surface area contributed by atoms with Crippen LogP contribution in [0, 0.1) is 0 Å². The molecule has 0 aliphatic carbocycles. The molecule has 0 bridgehead atoms. The molecule has 0 unspecified atom stereocenters. The van der Waals surface area contributed by atoms with Crippen LogP contribution in [-0.4, -0.2) is 10.9 Å². The molecule has 76 valence electrons. The Morgan fingerprint density at radius 3 is 2.67 bits per heavy atom. The lowest BCUT2D eigenvalue weighted by molar-refractivity contribution is 0.102. The first-order chi connectivity index (χ1) is 7.27. The summed E-state index contributed by atoms with van der Waals surface area (Å²) in [6, 6.07) is 5.03. The van der Waals surface area contributed by atoms with Crippen molar-refractivity contribution in [2.24, 2.45) is 0 Å². The predicted octanol–water partition coefficient (Wildman–Crippen LogP) is 2.69. The first kappa shape index (κ1) is 9.92. The average molecular weight is 267 g/mol. The van der Waals surface area contributed by atoms with Crippen LogP contribution in [-0.2, 0) is 0 Å². The number of rotatable bonds is 2. The van der Waals surface area contributed by atoms with Gasteiger partial charge in [-0.25, -0.2) is 0 Å². The highest BCUT2D eigenvalue weighted by Crippen LogP contribution is 2.18. The molecule has 0 saturated heterocycles. The van der Waals surface area contributed by atoms with Crippen LogP contribution in [0.5, 0.6) is 0 Å². The standard InChI is InChI=1S/C10H7BrN2O2/c11-9-8(3-6-15-9)10(14)13-7-1-4-12-5-2-7/h1-6H,(H,12,13,14). The van der Waals surface area contributed by atoms with Crippen LogP contribution in [0.25, 0.3) is 0 Å². The van der Waals surface area contributed by atoms with Gasteiger partial charge in [0.1, 0.15) is 0 Å². The van der Waals surface area contributed by atoms with Crippen molar-refractivity contribution in [3.63, 3.8) is 0 Å². The molecular weight excluding hydrogens is 260 g/mol.